The minimum absolute atomic E-state index is 0.578. The molecule has 6 aromatic rings. The number of nitrogens with zero attached hydrogens (tertiary/aromatic N) is 3. The van der Waals surface area contributed by atoms with Gasteiger partial charge >= 0.3 is 0 Å². The smallest absolute Gasteiger partial charge is 0.219 e. The van der Waals surface area contributed by atoms with E-state index in [1.54, 1.807) is 19.5 Å². The van der Waals surface area contributed by atoms with Gasteiger partial charge in [-0.1, -0.05) is 48.5 Å². The Kier molecular flexibility index (Phi) is 5.15. The topological polar surface area (TPSA) is 49.2 Å². The Morgan fingerprint density at radius 3 is 2.31 bits per heavy atom. The van der Waals surface area contributed by atoms with Gasteiger partial charge < -0.3 is 9.47 Å². The summed E-state index contributed by atoms with van der Waals surface area (Å²) in [5.41, 5.74) is 5.46. The number of aromatic nitrogens is 3. The summed E-state index contributed by atoms with van der Waals surface area (Å²) in [7, 11) is 1.65. The quantitative estimate of drug-likeness (QED) is 0.272. The summed E-state index contributed by atoms with van der Waals surface area (Å²) in [4.78, 5) is 9.03. The van der Waals surface area contributed by atoms with Crippen LogP contribution in [0.2, 0.25) is 0 Å². The van der Waals surface area contributed by atoms with E-state index in [2.05, 4.69) is 63.1 Å². The Balaban J connectivity index is 1.47. The lowest BCUT2D eigenvalue weighted by atomic mass is 10.0. The van der Waals surface area contributed by atoms with Gasteiger partial charge in [0, 0.05) is 23.0 Å². The number of ether oxygens (including phenoxy) is 2. The van der Waals surface area contributed by atoms with Crippen LogP contribution in [0.4, 0.5) is 0 Å². The maximum Gasteiger partial charge on any atom is 0.219 e. The summed E-state index contributed by atoms with van der Waals surface area (Å²) >= 11 is 0. The van der Waals surface area contributed by atoms with Crippen molar-refractivity contribution >= 4 is 21.8 Å². The highest BCUT2D eigenvalue weighted by Gasteiger charge is 2.14. The first-order chi connectivity index (χ1) is 17.2. The molecule has 0 spiro atoms. The third-order valence-electron chi connectivity index (χ3n) is 6.13. The van der Waals surface area contributed by atoms with Gasteiger partial charge in [-0.3, -0.25) is 4.57 Å². The number of rotatable bonds is 5. The highest BCUT2D eigenvalue weighted by Crippen LogP contribution is 2.35. The van der Waals surface area contributed by atoms with E-state index < -0.39 is 0 Å². The SMILES string of the molecule is COc1ccc(-n2c3ccccc3c3ccc(-c4cccc(Oc5ccc(C)cn5)c4)cc32)nc1. The van der Waals surface area contributed by atoms with Gasteiger partial charge in [0.05, 0.1) is 24.3 Å². The van der Waals surface area contributed by atoms with Crippen molar-refractivity contribution in [2.45, 2.75) is 6.92 Å². The summed E-state index contributed by atoms with van der Waals surface area (Å²) in [6.07, 6.45) is 3.55. The monoisotopic (exact) mass is 457 g/mol. The van der Waals surface area contributed by atoms with Crippen LogP contribution in [-0.4, -0.2) is 21.6 Å². The van der Waals surface area contributed by atoms with Gasteiger partial charge in [0.25, 0.3) is 0 Å². The number of fused-ring (bicyclic) bond motifs is 3. The second-order valence-electron chi connectivity index (χ2n) is 8.44. The van der Waals surface area contributed by atoms with Crippen LogP contribution in [0.15, 0.2) is 103 Å². The average molecular weight is 458 g/mol. The van der Waals surface area contributed by atoms with Crippen LogP contribution in [0.25, 0.3) is 38.8 Å². The predicted molar refractivity (Wildman–Crippen MR) is 140 cm³/mol. The lowest BCUT2D eigenvalue weighted by molar-refractivity contribution is 0.413. The Hall–Kier alpha value is -4.64. The van der Waals surface area contributed by atoms with Crippen molar-refractivity contribution in [3.05, 3.63) is 109 Å². The van der Waals surface area contributed by atoms with Crippen molar-refractivity contribution in [1.29, 1.82) is 0 Å². The van der Waals surface area contributed by atoms with Crippen molar-refractivity contribution in [3.63, 3.8) is 0 Å². The van der Waals surface area contributed by atoms with Crippen molar-refractivity contribution in [2.75, 3.05) is 7.11 Å². The van der Waals surface area contributed by atoms with Gasteiger partial charge in [0.1, 0.15) is 17.3 Å². The molecule has 0 bridgehead atoms. The number of para-hydroxylation sites is 1. The summed E-state index contributed by atoms with van der Waals surface area (Å²) in [6.45, 7) is 2.01. The number of hydrogen-bond acceptors (Lipinski definition) is 4. The maximum atomic E-state index is 6.01. The van der Waals surface area contributed by atoms with E-state index in [1.807, 2.05) is 49.4 Å². The molecule has 3 aromatic heterocycles. The third-order valence-corrected chi connectivity index (χ3v) is 6.13. The van der Waals surface area contributed by atoms with Gasteiger partial charge in [0.15, 0.2) is 0 Å². The number of hydrogen-bond donors (Lipinski definition) is 0. The summed E-state index contributed by atoms with van der Waals surface area (Å²) in [5.74, 6) is 2.90. The number of pyridine rings is 2. The predicted octanol–water partition coefficient (Wildman–Crippen LogP) is 7.35. The van der Waals surface area contributed by atoms with E-state index in [4.69, 9.17) is 9.47 Å². The molecular weight excluding hydrogens is 434 g/mol. The van der Waals surface area contributed by atoms with Gasteiger partial charge in [-0.2, -0.15) is 0 Å². The summed E-state index contributed by atoms with van der Waals surface area (Å²) in [6, 6.07) is 30.8. The van der Waals surface area contributed by atoms with Crippen molar-refractivity contribution in [2.24, 2.45) is 0 Å². The molecule has 0 saturated carbocycles. The molecule has 5 heteroatoms. The molecule has 0 aliphatic heterocycles. The molecule has 35 heavy (non-hydrogen) atoms. The zero-order valence-corrected chi connectivity index (χ0v) is 19.5. The molecule has 0 N–H and O–H groups in total. The van der Waals surface area contributed by atoms with Crippen LogP contribution >= 0.6 is 0 Å². The van der Waals surface area contributed by atoms with Crippen LogP contribution in [0, 0.1) is 6.92 Å². The first-order valence-electron chi connectivity index (χ1n) is 11.4. The summed E-state index contributed by atoms with van der Waals surface area (Å²) in [5, 5.41) is 2.37. The van der Waals surface area contributed by atoms with Crippen LogP contribution in [-0.2, 0) is 0 Å². The number of methoxy groups -OCH3 is 1. The number of benzene rings is 3. The average Bonchev–Trinajstić information content (AvgIpc) is 3.24. The Morgan fingerprint density at radius 2 is 1.51 bits per heavy atom. The molecule has 0 aliphatic carbocycles. The fraction of sp³-hybridized carbons (Fsp3) is 0.0667. The molecule has 3 aromatic carbocycles. The van der Waals surface area contributed by atoms with Crippen LogP contribution in [0.3, 0.4) is 0 Å². The highest BCUT2D eigenvalue weighted by atomic mass is 16.5. The van der Waals surface area contributed by atoms with E-state index in [1.165, 1.54) is 10.8 Å². The second kappa shape index (κ2) is 8.61. The van der Waals surface area contributed by atoms with E-state index in [0.29, 0.717) is 5.88 Å². The van der Waals surface area contributed by atoms with Gasteiger partial charge in [-0.15, -0.1) is 0 Å². The molecule has 0 fully saturated rings. The normalized spacial score (nSPS) is 11.1. The zero-order valence-electron chi connectivity index (χ0n) is 19.5. The molecule has 0 amide bonds. The first-order valence-corrected chi connectivity index (χ1v) is 11.4. The fourth-order valence-corrected chi connectivity index (χ4v) is 4.40. The van der Waals surface area contributed by atoms with E-state index in [0.717, 1.165) is 45.0 Å². The second-order valence-corrected chi connectivity index (χ2v) is 8.44. The van der Waals surface area contributed by atoms with Gasteiger partial charge in [0.2, 0.25) is 5.88 Å². The molecule has 0 atom stereocenters. The molecule has 170 valence electrons. The van der Waals surface area contributed by atoms with Gasteiger partial charge in [-0.05, 0) is 60.0 Å². The van der Waals surface area contributed by atoms with Crippen LogP contribution in [0.1, 0.15) is 5.56 Å². The summed E-state index contributed by atoms with van der Waals surface area (Å²) < 4.78 is 13.5. The lowest BCUT2D eigenvalue weighted by Crippen LogP contribution is -1.97. The molecule has 0 aliphatic rings. The third kappa shape index (κ3) is 3.87. The zero-order chi connectivity index (χ0) is 23.8. The van der Waals surface area contributed by atoms with Gasteiger partial charge in [-0.25, -0.2) is 9.97 Å². The molecule has 6 rings (SSSR count). The molecule has 0 saturated heterocycles. The van der Waals surface area contributed by atoms with E-state index in [-0.39, 0.29) is 0 Å². The van der Waals surface area contributed by atoms with Crippen molar-refractivity contribution in [1.82, 2.24) is 14.5 Å². The number of aryl methyl sites for hydroxylation is 1. The fourth-order valence-electron chi connectivity index (χ4n) is 4.40. The van der Waals surface area contributed by atoms with E-state index >= 15 is 0 Å². The Bertz CT molecular complexity index is 1650. The highest BCUT2D eigenvalue weighted by molar-refractivity contribution is 6.10. The molecule has 3 heterocycles. The molecule has 0 radical (unpaired) electrons. The minimum Gasteiger partial charge on any atom is -0.495 e. The molecular formula is C30H23N3O2. The Morgan fingerprint density at radius 1 is 0.657 bits per heavy atom. The first kappa shape index (κ1) is 20.9. The van der Waals surface area contributed by atoms with Crippen LogP contribution < -0.4 is 9.47 Å². The Labute approximate surface area is 203 Å². The van der Waals surface area contributed by atoms with Crippen molar-refractivity contribution < 1.29 is 9.47 Å². The lowest BCUT2D eigenvalue weighted by Gasteiger charge is -2.10. The van der Waals surface area contributed by atoms with E-state index in [9.17, 15) is 0 Å². The van der Waals surface area contributed by atoms with Crippen molar-refractivity contribution in [3.8, 4) is 34.3 Å². The van der Waals surface area contributed by atoms with Crippen LogP contribution in [0.5, 0.6) is 17.4 Å². The standard InChI is InChI=1S/C30H23N3O2/c1-20-10-15-30(32-18-20)35-23-7-5-6-21(16-23)22-11-13-26-25-8-3-4-9-27(25)33(28(26)17-22)29-14-12-24(34-2)19-31-29/h3-19H,1-2H3. The maximum absolute atomic E-state index is 6.01. The molecule has 0 unspecified atom stereocenters. The molecule has 5 nitrogen and oxygen atoms in total. The minimum atomic E-state index is 0.578. The largest absolute Gasteiger partial charge is 0.495 e.